The maximum Gasteiger partial charge on any atom is 0.345 e. The first-order chi connectivity index (χ1) is 7.90. The number of nitrogens with one attached hydrogen (secondary N) is 2. The Bertz CT molecular complexity index is 439. The molecule has 1 amide bonds. The Morgan fingerprint density at radius 3 is 2.71 bits per heavy atom. The van der Waals surface area contributed by atoms with Crippen molar-refractivity contribution < 1.29 is 9.90 Å². The van der Waals surface area contributed by atoms with Gasteiger partial charge in [-0.15, -0.1) is 0 Å². The number of aromatic nitrogens is 2. The summed E-state index contributed by atoms with van der Waals surface area (Å²) in [5.41, 5.74) is 1.51. The van der Waals surface area contributed by atoms with Crippen LogP contribution in [0.3, 0.4) is 0 Å². The zero-order chi connectivity index (χ0) is 13.0. The SMILES string of the molecule is Cc1nc(=O)[nH]c(C)c1CC(=O)NC[C@H](C)O. The Kier molecular flexibility index (Phi) is 4.39. The van der Waals surface area contributed by atoms with E-state index in [0.29, 0.717) is 17.0 Å². The second kappa shape index (κ2) is 5.58. The van der Waals surface area contributed by atoms with E-state index in [-0.39, 0.29) is 18.9 Å². The Morgan fingerprint density at radius 2 is 2.18 bits per heavy atom. The van der Waals surface area contributed by atoms with Gasteiger partial charge in [-0.25, -0.2) is 4.79 Å². The van der Waals surface area contributed by atoms with Gasteiger partial charge in [0.05, 0.1) is 12.5 Å². The van der Waals surface area contributed by atoms with Crippen molar-refractivity contribution in [2.45, 2.75) is 33.3 Å². The Balaban J connectivity index is 2.75. The molecule has 0 aliphatic carbocycles. The van der Waals surface area contributed by atoms with Crippen molar-refractivity contribution >= 4 is 5.91 Å². The monoisotopic (exact) mass is 239 g/mol. The molecule has 0 aromatic carbocycles. The van der Waals surface area contributed by atoms with Crippen molar-refractivity contribution in [2.75, 3.05) is 6.54 Å². The highest BCUT2D eigenvalue weighted by Gasteiger charge is 2.11. The molecule has 1 heterocycles. The summed E-state index contributed by atoms with van der Waals surface area (Å²) < 4.78 is 0. The van der Waals surface area contributed by atoms with Crippen LogP contribution in [0.1, 0.15) is 23.9 Å². The second-order valence-electron chi connectivity index (χ2n) is 4.06. The number of aromatic amines is 1. The van der Waals surface area contributed by atoms with Gasteiger partial charge in [0.1, 0.15) is 0 Å². The lowest BCUT2D eigenvalue weighted by atomic mass is 10.1. The van der Waals surface area contributed by atoms with Crippen LogP contribution in [0.15, 0.2) is 4.79 Å². The normalized spacial score (nSPS) is 12.2. The number of amides is 1. The molecule has 0 spiro atoms. The molecule has 17 heavy (non-hydrogen) atoms. The second-order valence-corrected chi connectivity index (χ2v) is 4.06. The summed E-state index contributed by atoms with van der Waals surface area (Å²) in [6.07, 6.45) is -0.427. The third-order valence-corrected chi connectivity index (χ3v) is 2.39. The van der Waals surface area contributed by atoms with Crippen LogP contribution in [-0.4, -0.2) is 33.6 Å². The van der Waals surface area contributed by atoms with Crippen LogP contribution in [0, 0.1) is 13.8 Å². The minimum atomic E-state index is -0.574. The summed E-state index contributed by atoms with van der Waals surface area (Å²) in [5, 5.41) is 11.6. The molecule has 0 bridgehead atoms. The molecule has 6 heteroatoms. The van der Waals surface area contributed by atoms with Crippen LogP contribution in [0.2, 0.25) is 0 Å². The predicted molar refractivity (Wildman–Crippen MR) is 62.7 cm³/mol. The molecule has 3 N–H and O–H groups in total. The highest BCUT2D eigenvalue weighted by atomic mass is 16.3. The Labute approximate surface area is 99.1 Å². The van der Waals surface area contributed by atoms with Crippen LogP contribution in [0.4, 0.5) is 0 Å². The largest absolute Gasteiger partial charge is 0.392 e. The number of carbonyl (C=O) groups excluding carboxylic acids is 1. The van der Waals surface area contributed by atoms with Gasteiger partial charge < -0.3 is 15.4 Å². The number of aryl methyl sites for hydroxylation is 2. The van der Waals surface area contributed by atoms with Gasteiger partial charge in [-0.2, -0.15) is 4.98 Å². The summed E-state index contributed by atoms with van der Waals surface area (Å²) in [6.45, 7) is 5.24. The minimum absolute atomic E-state index is 0.147. The first kappa shape index (κ1) is 13.4. The molecule has 94 valence electrons. The zero-order valence-electron chi connectivity index (χ0n) is 10.2. The summed E-state index contributed by atoms with van der Waals surface area (Å²) in [6, 6.07) is 0. The van der Waals surface area contributed by atoms with Gasteiger partial charge in [0.25, 0.3) is 0 Å². The van der Waals surface area contributed by atoms with Gasteiger partial charge in [0, 0.05) is 23.5 Å². The van der Waals surface area contributed by atoms with Gasteiger partial charge in [0.2, 0.25) is 5.91 Å². The molecule has 1 aromatic rings. The zero-order valence-corrected chi connectivity index (χ0v) is 10.2. The molecule has 0 saturated heterocycles. The molecular weight excluding hydrogens is 222 g/mol. The number of hydrogen-bond donors (Lipinski definition) is 3. The van der Waals surface area contributed by atoms with Crippen molar-refractivity contribution in [3.05, 3.63) is 27.4 Å². The van der Waals surface area contributed by atoms with Crippen molar-refractivity contribution in [2.24, 2.45) is 0 Å². The van der Waals surface area contributed by atoms with Gasteiger partial charge >= 0.3 is 5.69 Å². The Hall–Kier alpha value is -1.69. The van der Waals surface area contributed by atoms with Crippen molar-refractivity contribution in [3.8, 4) is 0 Å². The maximum atomic E-state index is 11.6. The van der Waals surface area contributed by atoms with Gasteiger partial charge in [0.15, 0.2) is 0 Å². The number of hydrogen-bond acceptors (Lipinski definition) is 4. The van der Waals surface area contributed by atoms with Gasteiger partial charge in [-0.3, -0.25) is 4.79 Å². The fraction of sp³-hybridized carbons (Fsp3) is 0.545. The number of H-pyrrole nitrogens is 1. The number of aliphatic hydroxyl groups excluding tert-OH is 1. The Morgan fingerprint density at radius 1 is 1.53 bits per heavy atom. The number of aliphatic hydroxyl groups is 1. The molecule has 1 atom stereocenters. The van der Waals surface area contributed by atoms with E-state index >= 15 is 0 Å². The van der Waals surface area contributed by atoms with Crippen LogP contribution >= 0.6 is 0 Å². The number of carbonyl (C=O) groups is 1. The average Bonchev–Trinajstić information content (AvgIpc) is 2.20. The molecule has 6 nitrogen and oxygen atoms in total. The van der Waals surface area contributed by atoms with E-state index < -0.39 is 11.8 Å². The van der Waals surface area contributed by atoms with E-state index in [9.17, 15) is 9.59 Å². The number of rotatable bonds is 4. The quantitative estimate of drug-likeness (QED) is 0.655. The first-order valence-corrected chi connectivity index (χ1v) is 5.41. The number of nitrogens with zero attached hydrogens (tertiary/aromatic N) is 1. The third-order valence-electron chi connectivity index (χ3n) is 2.39. The molecule has 1 aromatic heterocycles. The van der Waals surface area contributed by atoms with Crippen molar-refractivity contribution in [3.63, 3.8) is 0 Å². The predicted octanol–water partition coefficient (Wildman–Crippen LogP) is -0.574. The summed E-state index contributed by atoms with van der Waals surface area (Å²) in [5.74, 6) is -0.203. The molecule has 1 rings (SSSR count). The smallest absolute Gasteiger partial charge is 0.345 e. The van der Waals surface area contributed by atoms with E-state index in [1.54, 1.807) is 20.8 Å². The molecule has 0 saturated carbocycles. The molecular formula is C11H17N3O3. The first-order valence-electron chi connectivity index (χ1n) is 5.41. The van der Waals surface area contributed by atoms with Crippen molar-refractivity contribution in [1.82, 2.24) is 15.3 Å². The lowest BCUT2D eigenvalue weighted by molar-refractivity contribution is -0.120. The standard InChI is InChI=1S/C11H17N3O3/c1-6(15)5-12-10(16)4-9-7(2)13-11(17)14-8(9)3/h6,15H,4-5H2,1-3H3,(H,12,16)(H,13,14,17)/t6-/m0/s1. The van der Waals surface area contributed by atoms with E-state index in [0.717, 1.165) is 0 Å². The van der Waals surface area contributed by atoms with E-state index in [1.165, 1.54) is 0 Å². The summed E-state index contributed by atoms with van der Waals surface area (Å²) in [7, 11) is 0. The van der Waals surface area contributed by atoms with E-state index in [2.05, 4.69) is 15.3 Å². The van der Waals surface area contributed by atoms with Crippen LogP contribution in [0.25, 0.3) is 0 Å². The van der Waals surface area contributed by atoms with Crippen LogP contribution in [-0.2, 0) is 11.2 Å². The summed E-state index contributed by atoms with van der Waals surface area (Å²) in [4.78, 5) is 28.9. The highest BCUT2D eigenvalue weighted by molar-refractivity contribution is 5.79. The molecule has 0 radical (unpaired) electrons. The fourth-order valence-corrected chi connectivity index (χ4v) is 1.50. The van der Waals surface area contributed by atoms with E-state index in [4.69, 9.17) is 5.11 Å². The van der Waals surface area contributed by atoms with Crippen molar-refractivity contribution in [1.29, 1.82) is 0 Å². The molecule has 0 unspecified atom stereocenters. The van der Waals surface area contributed by atoms with Gasteiger partial charge in [-0.1, -0.05) is 0 Å². The average molecular weight is 239 g/mol. The minimum Gasteiger partial charge on any atom is -0.392 e. The summed E-state index contributed by atoms with van der Waals surface area (Å²) >= 11 is 0. The lowest BCUT2D eigenvalue weighted by Crippen LogP contribution is -2.32. The highest BCUT2D eigenvalue weighted by Crippen LogP contribution is 2.07. The topological polar surface area (TPSA) is 95.1 Å². The lowest BCUT2D eigenvalue weighted by Gasteiger charge is -2.10. The molecule has 0 aliphatic rings. The van der Waals surface area contributed by atoms with Crippen LogP contribution < -0.4 is 11.0 Å². The maximum absolute atomic E-state index is 11.6. The van der Waals surface area contributed by atoms with Gasteiger partial charge in [-0.05, 0) is 20.8 Å². The van der Waals surface area contributed by atoms with Crippen LogP contribution in [0.5, 0.6) is 0 Å². The fourth-order valence-electron chi connectivity index (χ4n) is 1.50. The third kappa shape index (κ3) is 3.99. The molecule has 0 fully saturated rings. The molecule has 0 aliphatic heterocycles. The van der Waals surface area contributed by atoms with E-state index in [1.807, 2.05) is 0 Å².